The third-order valence-electron chi connectivity index (χ3n) is 5.81. The van der Waals surface area contributed by atoms with Gasteiger partial charge in [-0.3, -0.25) is 4.90 Å². The molecule has 9 heteroatoms. The van der Waals surface area contributed by atoms with E-state index >= 15 is 0 Å². The average molecular weight is 405 g/mol. The molecule has 0 radical (unpaired) electrons. The summed E-state index contributed by atoms with van der Waals surface area (Å²) in [5.41, 5.74) is 6.13. The molecule has 27 heavy (non-hydrogen) atoms. The SMILES string of the molecule is CN(C1CC2CCC(C1)N2CCCC(F)(F)F)S(=O)(=O)c1ccc(N)cc1. The Morgan fingerprint density at radius 1 is 1.15 bits per heavy atom. The quantitative estimate of drug-likeness (QED) is 0.738. The van der Waals surface area contributed by atoms with Gasteiger partial charge >= 0.3 is 6.18 Å². The number of halogens is 3. The van der Waals surface area contributed by atoms with Crippen LogP contribution in [0.15, 0.2) is 29.2 Å². The largest absolute Gasteiger partial charge is 0.399 e. The number of piperidine rings is 1. The van der Waals surface area contributed by atoms with Crippen LogP contribution in [0.5, 0.6) is 0 Å². The topological polar surface area (TPSA) is 66.6 Å². The van der Waals surface area contributed by atoms with E-state index < -0.39 is 22.6 Å². The first-order valence-corrected chi connectivity index (χ1v) is 10.7. The molecule has 5 nitrogen and oxygen atoms in total. The standard InChI is InChI=1S/C18H26F3N3O2S/c1-23(27(25,26)17-7-3-13(22)4-8-17)16-11-14-5-6-15(12-16)24(14)10-2-9-18(19,20)21/h3-4,7-8,14-16H,2,5-6,9-12,22H2,1H3. The molecule has 2 saturated heterocycles. The Morgan fingerprint density at radius 2 is 1.70 bits per heavy atom. The molecule has 0 amide bonds. The molecule has 152 valence electrons. The van der Waals surface area contributed by atoms with Crippen molar-refractivity contribution in [3.05, 3.63) is 24.3 Å². The van der Waals surface area contributed by atoms with Crippen LogP contribution in [0.25, 0.3) is 0 Å². The summed E-state index contributed by atoms with van der Waals surface area (Å²) in [6, 6.07) is 6.31. The van der Waals surface area contributed by atoms with Crippen molar-refractivity contribution >= 4 is 15.7 Å². The molecule has 2 unspecified atom stereocenters. The maximum atomic E-state index is 12.9. The molecule has 2 N–H and O–H groups in total. The zero-order valence-corrected chi connectivity index (χ0v) is 16.1. The highest BCUT2D eigenvalue weighted by molar-refractivity contribution is 7.89. The maximum Gasteiger partial charge on any atom is 0.389 e. The van der Waals surface area contributed by atoms with Gasteiger partial charge in [0, 0.05) is 37.3 Å². The van der Waals surface area contributed by atoms with E-state index in [0.717, 1.165) is 12.8 Å². The van der Waals surface area contributed by atoms with Gasteiger partial charge in [-0.2, -0.15) is 17.5 Å². The first kappa shape index (κ1) is 20.4. The number of fused-ring (bicyclic) bond motifs is 2. The van der Waals surface area contributed by atoms with Gasteiger partial charge in [0.15, 0.2) is 0 Å². The van der Waals surface area contributed by atoms with Gasteiger partial charge in [-0.05, 0) is 62.9 Å². The molecular formula is C18H26F3N3O2S. The lowest BCUT2D eigenvalue weighted by Crippen LogP contribution is -2.51. The van der Waals surface area contributed by atoms with E-state index in [2.05, 4.69) is 4.90 Å². The van der Waals surface area contributed by atoms with Gasteiger partial charge in [0.1, 0.15) is 0 Å². The summed E-state index contributed by atoms with van der Waals surface area (Å²) in [6.07, 6.45) is -1.63. The van der Waals surface area contributed by atoms with Crippen LogP contribution in [-0.2, 0) is 10.0 Å². The summed E-state index contributed by atoms with van der Waals surface area (Å²) in [7, 11) is -2.03. The molecule has 3 rings (SSSR count). The first-order valence-electron chi connectivity index (χ1n) is 9.24. The van der Waals surface area contributed by atoms with Gasteiger partial charge in [-0.1, -0.05) is 0 Å². The van der Waals surface area contributed by atoms with Crippen LogP contribution in [0.4, 0.5) is 18.9 Å². The van der Waals surface area contributed by atoms with Crippen LogP contribution in [-0.4, -0.2) is 55.5 Å². The highest BCUT2D eigenvalue weighted by Crippen LogP contribution is 2.39. The van der Waals surface area contributed by atoms with Crippen molar-refractivity contribution in [2.45, 2.75) is 67.7 Å². The van der Waals surface area contributed by atoms with E-state index in [1.807, 2.05) is 0 Å². The predicted molar refractivity (Wildman–Crippen MR) is 97.6 cm³/mol. The molecule has 0 aromatic heterocycles. The molecule has 0 aliphatic carbocycles. The van der Waals surface area contributed by atoms with Crippen molar-refractivity contribution < 1.29 is 21.6 Å². The molecule has 0 saturated carbocycles. The second kappa shape index (κ2) is 7.60. The lowest BCUT2D eigenvalue weighted by atomic mass is 9.97. The second-order valence-electron chi connectivity index (χ2n) is 7.56. The number of hydrogen-bond donors (Lipinski definition) is 1. The zero-order chi connectivity index (χ0) is 19.8. The van der Waals surface area contributed by atoms with Crippen molar-refractivity contribution in [2.75, 3.05) is 19.3 Å². The third kappa shape index (κ3) is 4.57. The van der Waals surface area contributed by atoms with Crippen LogP contribution in [0.2, 0.25) is 0 Å². The van der Waals surface area contributed by atoms with Crippen LogP contribution >= 0.6 is 0 Å². The highest BCUT2D eigenvalue weighted by Gasteiger charge is 2.44. The normalized spacial score (nSPS) is 26.6. The van der Waals surface area contributed by atoms with Crippen LogP contribution in [0, 0.1) is 0 Å². The fourth-order valence-corrected chi connectivity index (χ4v) is 5.75. The van der Waals surface area contributed by atoms with Crippen LogP contribution < -0.4 is 5.73 Å². The van der Waals surface area contributed by atoms with E-state index in [1.165, 1.54) is 16.4 Å². The van der Waals surface area contributed by atoms with E-state index in [1.54, 1.807) is 19.2 Å². The summed E-state index contributed by atoms with van der Waals surface area (Å²) in [6.45, 7) is 0.427. The minimum atomic E-state index is -4.12. The fraction of sp³-hybridized carbons (Fsp3) is 0.667. The number of anilines is 1. The van der Waals surface area contributed by atoms with Gasteiger partial charge in [0.2, 0.25) is 10.0 Å². The average Bonchev–Trinajstić information content (AvgIpc) is 2.82. The van der Waals surface area contributed by atoms with Gasteiger partial charge in [0.05, 0.1) is 4.90 Å². The Labute approximate surface area is 158 Å². The number of nitrogens with zero attached hydrogens (tertiary/aromatic N) is 2. The smallest absolute Gasteiger partial charge is 0.389 e. The van der Waals surface area contributed by atoms with Crippen molar-refractivity contribution in [1.82, 2.24) is 9.21 Å². The van der Waals surface area contributed by atoms with Gasteiger partial charge < -0.3 is 5.73 Å². The highest BCUT2D eigenvalue weighted by atomic mass is 32.2. The summed E-state index contributed by atoms with van der Waals surface area (Å²) in [5.74, 6) is 0. The Bertz CT molecular complexity index is 738. The summed E-state index contributed by atoms with van der Waals surface area (Å²) >= 11 is 0. The molecule has 2 heterocycles. The molecule has 2 fully saturated rings. The Hall–Kier alpha value is -1.32. The van der Waals surface area contributed by atoms with E-state index in [-0.39, 0.29) is 29.4 Å². The first-order chi connectivity index (χ1) is 12.6. The summed E-state index contributed by atoms with van der Waals surface area (Å²) in [5, 5.41) is 0. The minimum Gasteiger partial charge on any atom is -0.399 e. The molecule has 2 aliphatic heterocycles. The predicted octanol–water partition coefficient (Wildman–Crippen LogP) is 3.23. The molecule has 2 bridgehead atoms. The van der Waals surface area contributed by atoms with E-state index in [0.29, 0.717) is 25.1 Å². The molecular weight excluding hydrogens is 379 g/mol. The van der Waals surface area contributed by atoms with E-state index in [4.69, 9.17) is 5.73 Å². The fourth-order valence-electron chi connectivity index (χ4n) is 4.37. The second-order valence-corrected chi connectivity index (χ2v) is 9.55. The van der Waals surface area contributed by atoms with Crippen molar-refractivity contribution in [3.8, 4) is 0 Å². The monoisotopic (exact) mass is 405 g/mol. The number of nitrogens with two attached hydrogens (primary N) is 1. The number of rotatable bonds is 6. The number of alkyl halides is 3. The van der Waals surface area contributed by atoms with Crippen LogP contribution in [0.3, 0.4) is 0 Å². The summed E-state index contributed by atoms with van der Waals surface area (Å²) < 4.78 is 64.4. The summed E-state index contributed by atoms with van der Waals surface area (Å²) in [4.78, 5) is 2.37. The minimum absolute atomic E-state index is 0.0980. The van der Waals surface area contributed by atoms with Gasteiger partial charge in [0.25, 0.3) is 0 Å². The Morgan fingerprint density at radius 3 is 2.22 bits per heavy atom. The van der Waals surface area contributed by atoms with E-state index in [9.17, 15) is 21.6 Å². The Kier molecular flexibility index (Phi) is 5.74. The van der Waals surface area contributed by atoms with Crippen molar-refractivity contribution in [1.29, 1.82) is 0 Å². The third-order valence-corrected chi connectivity index (χ3v) is 7.73. The van der Waals surface area contributed by atoms with Crippen molar-refractivity contribution in [3.63, 3.8) is 0 Å². The number of sulfonamides is 1. The van der Waals surface area contributed by atoms with Crippen molar-refractivity contribution in [2.24, 2.45) is 0 Å². The number of nitrogen functional groups attached to an aromatic ring is 1. The van der Waals surface area contributed by atoms with Crippen LogP contribution in [0.1, 0.15) is 38.5 Å². The molecule has 2 atom stereocenters. The maximum absolute atomic E-state index is 12.9. The number of hydrogen-bond acceptors (Lipinski definition) is 4. The molecule has 2 aliphatic rings. The Balaban J connectivity index is 1.64. The number of benzene rings is 1. The lowest BCUT2D eigenvalue weighted by molar-refractivity contribution is -0.136. The molecule has 0 spiro atoms. The van der Waals surface area contributed by atoms with Gasteiger partial charge in [-0.25, -0.2) is 8.42 Å². The van der Waals surface area contributed by atoms with Gasteiger partial charge in [-0.15, -0.1) is 0 Å². The molecule has 1 aromatic carbocycles. The molecule has 1 aromatic rings. The zero-order valence-electron chi connectivity index (χ0n) is 15.3. The lowest BCUT2D eigenvalue weighted by Gasteiger charge is -2.41.